The van der Waals surface area contributed by atoms with Gasteiger partial charge in [0.25, 0.3) is 0 Å². The topological polar surface area (TPSA) is 71.6 Å². The van der Waals surface area contributed by atoms with Gasteiger partial charge in [0.2, 0.25) is 5.92 Å². The third kappa shape index (κ3) is 3.28. The lowest BCUT2D eigenvalue weighted by Crippen LogP contribution is -2.28. The van der Waals surface area contributed by atoms with E-state index in [9.17, 15) is 13.6 Å². The molecule has 0 amide bonds. The molecule has 2 heterocycles. The molecule has 0 spiro atoms. The van der Waals surface area contributed by atoms with Crippen LogP contribution >= 0.6 is 11.3 Å². The van der Waals surface area contributed by atoms with Gasteiger partial charge in [-0.05, 0) is 19.1 Å². The molecule has 1 unspecified atom stereocenters. The minimum atomic E-state index is -2.87. The van der Waals surface area contributed by atoms with Gasteiger partial charge in [-0.15, -0.1) is 0 Å². The van der Waals surface area contributed by atoms with Crippen LogP contribution in [0.1, 0.15) is 19.5 Å². The number of benzene rings is 1. The summed E-state index contributed by atoms with van der Waals surface area (Å²) in [6.45, 7) is 2.21. The summed E-state index contributed by atoms with van der Waals surface area (Å²) in [5.74, 6) is -3.83. The highest BCUT2D eigenvalue weighted by atomic mass is 32.1. The molecule has 0 aliphatic carbocycles. The summed E-state index contributed by atoms with van der Waals surface area (Å²) in [4.78, 5) is 20.1. The van der Waals surface area contributed by atoms with Gasteiger partial charge in [-0.25, -0.2) is 13.8 Å². The van der Waals surface area contributed by atoms with Crippen molar-refractivity contribution in [2.24, 2.45) is 5.92 Å². The molecule has 0 fully saturated rings. The number of nitriles is 1. The highest BCUT2D eigenvalue weighted by molar-refractivity contribution is 7.16. The van der Waals surface area contributed by atoms with Crippen LogP contribution in [0.25, 0.3) is 21.5 Å². The summed E-state index contributed by atoms with van der Waals surface area (Å²) in [5.41, 5.74) is 1.86. The molecule has 25 heavy (non-hydrogen) atoms. The van der Waals surface area contributed by atoms with E-state index in [2.05, 4.69) is 9.97 Å². The fraction of sp³-hybridized carbons (Fsp3) is 0.294. The lowest BCUT2D eigenvalue weighted by atomic mass is 10.1. The van der Waals surface area contributed by atoms with E-state index in [1.807, 2.05) is 6.07 Å². The zero-order valence-electron chi connectivity index (χ0n) is 13.5. The van der Waals surface area contributed by atoms with Crippen LogP contribution in [0.4, 0.5) is 8.78 Å². The Morgan fingerprint density at radius 1 is 1.36 bits per heavy atom. The van der Waals surface area contributed by atoms with Gasteiger partial charge in [-0.2, -0.15) is 5.26 Å². The largest absolute Gasteiger partial charge is 0.308 e. The smallest absolute Gasteiger partial charge is 0.298 e. The molecule has 5 nitrogen and oxygen atoms in total. The van der Waals surface area contributed by atoms with Gasteiger partial charge in [-0.3, -0.25) is 14.3 Å². The van der Waals surface area contributed by atoms with Crippen molar-refractivity contribution in [3.05, 3.63) is 46.0 Å². The van der Waals surface area contributed by atoms with Gasteiger partial charge in [0, 0.05) is 30.4 Å². The summed E-state index contributed by atoms with van der Waals surface area (Å²) < 4.78 is 28.9. The van der Waals surface area contributed by atoms with Crippen LogP contribution < -0.4 is 4.87 Å². The molecule has 2 aromatic heterocycles. The maximum Gasteiger partial charge on any atom is 0.308 e. The SMILES string of the molecule is CC(Cn1c(=O)sc2cc(-c3nccnc3C#N)ccc21)C(C)(F)F. The molecule has 0 N–H and O–H groups in total. The first kappa shape index (κ1) is 17.2. The predicted octanol–water partition coefficient (Wildman–Crippen LogP) is 3.68. The molecular weight excluding hydrogens is 346 g/mol. The van der Waals surface area contributed by atoms with Gasteiger partial charge < -0.3 is 0 Å². The van der Waals surface area contributed by atoms with Crippen molar-refractivity contribution >= 4 is 21.6 Å². The van der Waals surface area contributed by atoms with E-state index in [-0.39, 0.29) is 17.1 Å². The van der Waals surface area contributed by atoms with Crippen LogP contribution in [0.15, 0.2) is 35.4 Å². The van der Waals surface area contributed by atoms with Crippen molar-refractivity contribution in [2.75, 3.05) is 0 Å². The zero-order chi connectivity index (χ0) is 18.2. The Balaban J connectivity index is 2.07. The van der Waals surface area contributed by atoms with Crippen molar-refractivity contribution in [2.45, 2.75) is 26.3 Å². The summed E-state index contributed by atoms with van der Waals surface area (Å²) in [7, 11) is 0. The van der Waals surface area contributed by atoms with Crippen LogP contribution in [0, 0.1) is 17.2 Å². The zero-order valence-corrected chi connectivity index (χ0v) is 14.3. The summed E-state index contributed by atoms with van der Waals surface area (Å²) >= 11 is 0.985. The molecule has 8 heteroatoms. The molecule has 0 saturated heterocycles. The second kappa shape index (κ2) is 6.33. The first-order chi connectivity index (χ1) is 11.8. The Bertz CT molecular complexity index is 1030. The highest BCUT2D eigenvalue weighted by Crippen LogP contribution is 2.29. The third-order valence-electron chi connectivity index (χ3n) is 4.07. The number of alkyl halides is 2. The molecule has 1 aromatic carbocycles. The average molecular weight is 360 g/mol. The first-order valence-electron chi connectivity index (χ1n) is 7.54. The number of aromatic nitrogens is 3. The maximum absolute atomic E-state index is 13.5. The van der Waals surface area contributed by atoms with Crippen molar-refractivity contribution in [3.8, 4) is 17.3 Å². The van der Waals surface area contributed by atoms with Crippen LogP contribution in [-0.4, -0.2) is 20.5 Å². The Labute approximate surface area is 146 Å². The number of rotatable bonds is 4. The van der Waals surface area contributed by atoms with Crippen molar-refractivity contribution in [3.63, 3.8) is 0 Å². The van der Waals surface area contributed by atoms with E-state index in [1.165, 1.54) is 23.9 Å². The van der Waals surface area contributed by atoms with E-state index in [0.29, 0.717) is 21.5 Å². The van der Waals surface area contributed by atoms with Crippen molar-refractivity contribution < 1.29 is 8.78 Å². The Hall–Kier alpha value is -2.66. The third-order valence-corrected chi connectivity index (χ3v) is 5.01. The number of thiazole rings is 1. The predicted molar refractivity (Wildman–Crippen MR) is 91.6 cm³/mol. The summed E-state index contributed by atoms with van der Waals surface area (Å²) in [6.07, 6.45) is 2.92. The van der Waals surface area contributed by atoms with Gasteiger partial charge in [0.1, 0.15) is 11.8 Å². The summed E-state index contributed by atoms with van der Waals surface area (Å²) in [6, 6.07) is 7.12. The monoisotopic (exact) mass is 360 g/mol. The molecule has 128 valence electrons. The lowest BCUT2D eigenvalue weighted by molar-refractivity contribution is -0.0381. The number of halogens is 2. The number of nitrogens with zero attached hydrogens (tertiary/aromatic N) is 4. The second-order valence-corrected chi connectivity index (χ2v) is 6.88. The highest BCUT2D eigenvalue weighted by Gasteiger charge is 2.31. The van der Waals surface area contributed by atoms with Crippen LogP contribution in [0.2, 0.25) is 0 Å². The average Bonchev–Trinajstić information content (AvgIpc) is 2.88. The van der Waals surface area contributed by atoms with E-state index < -0.39 is 11.8 Å². The van der Waals surface area contributed by atoms with E-state index in [4.69, 9.17) is 5.26 Å². The lowest BCUT2D eigenvalue weighted by Gasteiger charge is -2.19. The standard InChI is InChI=1S/C17H14F2N4OS/c1-10(17(2,18)19)9-23-13-4-3-11(7-14(13)25-16(23)24)15-12(8-20)21-5-6-22-15/h3-7,10H,9H2,1-2H3. The van der Waals surface area contributed by atoms with Gasteiger partial charge >= 0.3 is 4.87 Å². The van der Waals surface area contributed by atoms with Gasteiger partial charge in [-0.1, -0.05) is 24.3 Å². The first-order valence-corrected chi connectivity index (χ1v) is 8.35. The molecular formula is C17H14F2N4OS. The van der Waals surface area contributed by atoms with Gasteiger partial charge in [0.05, 0.1) is 10.2 Å². The van der Waals surface area contributed by atoms with Gasteiger partial charge in [0.15, 0.2) is 5.69 Å². The minimum absolute atomic E-state index is 0.0593. The Morgan fingerprint density at radius 3 is 2.76 bits per heavy atom. The summed E-state index contributed by atoms with van der Waals surface area (Å²) in [5, 5.41) is 9.14. The van der Waals surface area contributed by atoms with Crippen LogP contribution in [0.3, 0.4) is 0 Å². The normalized spacial score (nSPS) is 12.9. The second-order valence-electron chi connectivity index (χ2n) is 5.88. The van der Waals surface area contributed by atoms with Crippen molar-refractivity contribution in [1.82, 2.24) is 14.5 Å². The molecule has 0 bridgehead atoms. The van der Waals surface area contributed by atoms with Crippen molar-refractivity contribution in [1.29, 1.82) is 5.26 Å². The number of hydrogen-bond donors (Lipinski definition) is 0. The van der Waals surface area contributed by atoms with E-state index >= 15 is 0 Å². The number of fused-ring (bicyclic) bond motifs is 1. The Morgan fingerprint density at radius 2 is 2.08 bits per heavy atom. The molecule has 0 saturated carbocycles. The Kier molecular flexibility index (Phi) is 4.35. The molecule has 0 radical (unpaired) electrons. The van der Waals surface area contributed by atoms with E-state index in [1.54, 1.807) is 18.2 Å². The molecule has 0 aliphatic heterocycles. The number of hydrogen-bond acceptors (Lipinski definition) is 5. The molecule has 1 atom stereocenters. The van der Waals surface area contributed by atoms with E-state index in [0.717, 1.165) is 18.3 Å². The molecule has 0 aliphatic rings. The quantitative estimate of drug-likeness (QED) is 0.711. The fourth-order valence-electron chi connectivity index (χ4n) is 2.45. The van der Waals surface area contributed by atoms with Crippen LogP contribution in [-0.2, 0) is 6.54 Å². The fourth-order valence-corrected chi connectivity index (χ4v) is 3.39. The maximum atomic E-state index is 13.5. The van der Waals surface area contributed by atoms with Crippen LogP contribution in [0.5, 0.6) is 0 Å². The molecule has 3 rings (SSSR count). The molecule has 3 aromatic rings. The minimum Gasteiger partial charge on any atom is -0.298 e.